The van der Waals surface area contributed by atoms with Gasteiger partial charge in [-0.15, -0.1) is 0 Å². The van der Waals surface area contributed by atoms with Crippen molar-refractivity contribution in [3.8, 4) is 0 Å². The fraction of sp³-hybridized carbons (Fsp3) is 0.533. The van der Waals surface area contributed by atoms with Gasteiger partial charge in [-0.25, -0.2) is 4.79 Å². The van der Waals surface area contributed by atoms with E-state index in [1.54, 1.807) is 12.2 Å². The van der Waals surface area contributed by atoms with Crippen LogP contribution in [0.5, 0.6) is 0 Å². The predicted octanol–water partition coefficient (Wildman–Crippen LogP) is -1.76. The number of anilines is 1. The molecule has 2 heterocycles. The lowest BCUT2D eigenvalue weighted by Crippen LogP contribution is -2.29. The van der Waals surface area contributed by atoms with Crippen molar-refractivity contribution >= 4 is 17.8 Å². The molecule has 1 amide bonds. The van der Waals surface area contributed by atoms with Crippen LogP contribution < -0.4 is 16.7 Å². The number of carbonyl (C=O) groups is 1. The van der Waals surface area contributed by atoms with Gasteiger partial charge < -0.3 is 30.7 Å². The molecule has 138 valence electrons. The molecule has 1 aliphatic heterocycles. The minimum absolute atomic E-state index is 0.0398. The molecule has 25 heavy (non-hydrogen) atoms. The minimum atomic E-state index is -0.748. The smallest absolute Gasteiger partial charge is 0.351 e. The van der Waals surface area contributed by atoms with Crippen molar-refractivity contribution in [2.75, 3.05) is 32.6 Å². The Morgan fingerprint density at radius 2 is 2.40 bits per heavy atom. The quantitative estimate of drug-likeness (QED) is 0.450. The molecule has 10 heteroatoms. The van der Waals surface area contributed by atoms with E-state index in [0.29, 0.717) is 5.56 Å². The van der Waals surface area contributed by atoms with E-state index >= 15 is 0 Å². The molecular weight excluding hydrogens is 332 g/mol. The van der Waals surface area contributed by atoms with Crippen LogP contribution in [-0.4, -0.2) is 64.7 Å². The Hall–Kier alpha value is -2.27. The van der Waals surface area contributed by atoms with E-state index in [1.807, 2.05) is 0 Å². The first kappa shape index (κ1) is 19.1. The van der Waals surface area contributed by atoms with E-state index in [0.717, 1.165) is 0 Å². The molecule has 3 atom stereocenters. The molecule has 0 aromatic carbocycles. The first-order chi connectivity index (χ1) is 12.0. The summed E-state index contributed by atoms with van der Waals surface area (Å²) < 4.78 is 11.9. The second kappa shape index (κ2) is 8.72. The van der Waals surface area contributed by atoms with Gasteiger partial charge in [0.15, 0.2) is 0 Å². The van der Waals surface area contributed by atoms with Gasteiger partial charge in [-0.05, 0) is 0 Å². The van der Waals surface area contributed by atoms with Gasteiger partial charge in [0, 0.05) is 31.8 Å². The van der Waals surface area contributed by atoms with Crippen molar-refractivity contribution in [3.05, 3.63) is 28.3 Å². The van der Waals surface area contributed by atoms with Gasteiger partial charge in [-0.3, -0.25) is 9.36 Å². The molecule has 1 aromatic heterocycles. The van der Waals surface area contributed by atoms with Gasteiger partial charge in [0.1, 0.15) is 24.8 Å². The SMILES string of the molecule is COCC1OC(n2cc(/C=C/CNC(=O)CO)c(N)nc2=O)CC1O. The zero-order valence-electron chi connectivity index (χ0n) is 13.8. The highest BCUT2D eigenvalue weighted by Gasteiger charge is 2.35. The number of aliphatic hydroxyl groups excluding tert-OH is 2. The Kier molecular flexibility index (Phi) is 6.65. The molecule has 0 bridgehead atoms. The van der Waals surface area contributed by atoms with Crippen molar-refractivity contribution in [1.82, 2.24) is 14.9 Å². The first-order valence-corrected chi connectivity index (χ1v) is 7.71. The molecule has 0 spiro atoms. The number of hydrogen-bond donors (Lipinski definition) is 4. The van der Waals surface area contributed by atoms with Gasteiger partial charge >= 0.3 is 5.69 Å². The van der Waals surface area contributed by atoms with Crippen LogP contribution >= 0.6 is 0 Å². The maximum Gasteiger partial charge on any atom is 0.351 e. The number of aliphatic hydroxyl groups is 2. The van der Waals surface area contributed by atoms with Gasteiger partial charge in [0.2, 0.25) is 5.91 Å². The lowest BCUT2D eigenvalue weighted by Gasteiger charge is -2.16. The number of nitrogens with zero attached hydrogens (tertiary/aromatic N) is 2. The fourth-order valence-corrected chi connectivity index (χ4v) is 2.45. The second-order valence-electron chi connectivity index (χ2n) is 5.52. The van der Waals surface area contributed by atoms with Crippen molar-refractivity contribution in [2.24, 2.45) is 0 Å². The van der Waals surface area contributed by atoms with E-state index < -0.39 is 36.6 Å². The summed E-state index contributed by atoms with van der Waals surface area (Å²) in [4.78, 5) is 26.8. The van der Waals surface area contributed by atoms with Crippen molar-refractivity contribution < 1.29 is 24.5 Å². The van der Waals surface area contributed by atoms with Crippen LogP contribution in [0.25, 0.3) is 6.08 Å². The second-order valence-corrected chi connectivity index (χ2v) is 5.52. The Morgan fingerprint density at radius 1 is 1.64 bits per heavy atom. The highest BCUT2D eigenvalue weighted by Crippen LogP contribution is 2.28. The zero-order chi connectivity index (χ0) is 18.4. The Balaban J connectivity index is 2.14. The van der Waals surface area contributed by atoms with Gasteiger partial charge in [0.25, 0.3) is 0 Å². The van der Waals surface area contributed by atoms with Crippen molar-refractivity contribution in [2.45, 2.75) is 24.9 Å². The van der Waals surface area contributed by atoms with Gasteiger partial charge in [-0.1, -0.05) is 12.2 Å². The van der Waals surface area contributed by atoms with E-state index in [-0.39, 0.29) is 25.4 Å². The van der Waals surface area contributed by atoms with Crippen LogP contribution in [0.4, 0.5) is 5.82 Å². The fourth-order valence-electron chi connectivity index (χ4n) is 2.45. The highest BCUT2D eigenvalue weighted by atomic mass is 16.6. The summed E-state index contributed by atoms with van der Waals surface area (Å²) >= 11 is 0. The van der Waals surface area contributed by atoms with E-state index in [9.17, 15) is 14.7 Å². The number of nitrogens with two attached hydrogens (primary N) is 1. The number of nitrogens with one attached hydrogen (secondary N) is 1. The van der Waals surface area contributed by atoms with E-state index in [2.05, 4.69) is 10.3 Å². The molecule has 10 nitrogen and oxygen atoms in total. The summed E-state index contributed by atoms with van der Waals surface area (Å²) in [6, 6.07) is 0. The van der Waals surface area contributed by atoms with Crippen LogP contribution in [0.3, 0.4) is 0 Å². The third-order valence-electron chi connectivity index (χ3n) is 3.71. The lowest BCUT2D eigenvalue weighted by atomic mass is 10.2. The van der Waals surface area contributed by atoms with Gasteiger partial charge in [-0.2, -0.15) is 4.98 Å². The zero-order valence-corrected chi connectivity index (χ0v) is 13.8. The lowest BCUT2D eigenvalue weighted by molar-refractivity contribution is -0.123. The van der Waals surface area contributed by atoms with Crippen molar-refractivity contribution in [3.63, 3.8) is 0 Å². The Labute approximate surface area is 143 Å². The Morgan fingerprint density at radius 3 is 3.08 bits per heavy atom. The number of nitrogen functional groups attached to an aromatic ring is 1. The van der Waals surface area contributed by atoms with E-state index in [1.165, 1.54) is 17.9 Å². The van der Waals surface area contributed by atoms with Crippen LogP contribution in [-0.2, 0) is 14.3 Å². The third-order valence-corrected chi connectivity index (χ3v) is 3.71. The molecule has 0 saturated carbocycles. The maximum absolute atomic E-state index is 12.1. The standard InChI is InChI=1S/C15H22N4O6/c1-24-8-11-10(21)5-13(25-11)19-6-9(14(16)18-15(19)23)3-2-4-17-12(22)7-20/h2-3,6,10-11,13,20-21H,4-5,7-8H2,1H3,(H,17,22)(H2,16,18,23)/b3-2+. The Bertz CT molecular complexity index is 689. The van der Waals surface area contributed by atoms with Crippen LogP contribution in [0.1, 0.15) is 18.2 Å². The number of rotatable bonds is 7. The van der Waals surface area contributed by atoms with Crippen LogP contribution in [0.2, 0.25) is 0 Å². The summed E-state index contributed by atoms with van der Waals surface area (Å²) in [5.41, 5.74) is 5.63. The number of ether oxygens (including phenoxy) is 2. The summed E-state index contributed by atoms with van der Waals surface area (Å²) in [7, 11) is 1.50. The molecule has 1 saturated heterocycles. The average Bonchev–Trinajstić information content (AvgIpc) is 2.94. The van der Waals surface area contributed by atoms with Crippen LogP contribution in [0, 0.1) is 0 Å². The monoisotopic (exact) mass is 354 g/mol. The number of methoxy groups -OCH3 is 1. The normalized spacial score (nSPS) is 23.2. The largest absolute Gasteiger partial charge is 0.390 e. The van der Waals surface area contributed by atoms with E-state index in [4.69, 9.17) is 20.3 Å². The molecule has 1 aliphatic rings. The first-order valence-electron chi connectivity index (χ1n) is 7.71. The number of amides is 1. The summed E-state index contributed by atoms with van der Waals surface area (Å²) in [6.45, 7) is -0.189. The van der Waals surface area contributed by atoms with Crippen molar-refractivity contribution in [1.29, 1.82) is 0 Å². The third kappa shape index (κ3) is 4.86. The summed E-state index contributed by atoms with van der Waals surface area (Å²) in [5, 5.41) is 21.0. The predicted molar refractivity (Wildman–Crippen MR) is 88.4 cm³/mol. The molecule has 0 aliphatic carbocycles. The number of carbonyl (C=O) groups excluding carboxylic acids is 1. The molecule has 1 aromatic rings. The topological polar surface area (TPSA) is 149 Å². The molecule has 2 rings (SSSR count). The molecule has 3 unspecified atom stereocenters. The summed E-state index contributed by atoms with van der Waals surface area (Å²) in [6.07, 6.45) is 2.98. The number of aromatic nitrogens is 2. The molecular formula is C15H22N4O6. The summed E-state index contributed by atoms with van der Waals surface area (Å²) in [5.74, 6) is -0.462. The maximum atomic E-state index is 12.1. The van der Waals surface area contributed by atoms with Crippen LogP contribution in [0.15, 0.2) is 17.1 Å². The van der Waals surface area contributed by atoms with Gasteiger partial charge in [0.05, 0.1) is 12.7 Å². The molecule has 5 N–H and O–H groups in total. The molecule has 0 radical (unpaired) electrons. The molecule has 1 fully saturated rings. The minimum Gasteiger partial charge on any atom is -0.390 e. The number of hydrogen-bond acceptors (Lipinski definition) is 8. The highest BCUT2D eigenvalue weighted by molar-refractivity contribution is 5.77. The average molecular weight is 354 g/mol.